The van der Waals surface area contributed by atoms with Crippen molar-refractivity contribution in [1.82, 2.24) is 49.8 Å². The van der Waals surface area contributed by atoms with Crippen molar-refractivity contribution in [2.45, 2.75) is 7.43 Å². The normalized spacial score (nSPS) is 9.66. The second-order valence-corrected chi connectivity index (χ2v) is 13.2. The summed E-state index contributed by atoms with van der Waals surface area (Å²) in [6.45, 7) is 0. The number of fused-ring (bicyclic) bond motifs is 2. The van der Waals surface area contributed by atoms with E-state index in [1.807, 2.05) is 26.8 Å². The molecule has 35 heteroatoms. The molecule has 31 nitrogen and oxygen atoms in total. The molecule has 0 amide bonds. The van der Waals surface area contributed by atoms with Crippen LogP contribution in [-0.4, -0.2) is 137 Å². The lowest BCUT2D eigenvalue weighted by atomic mass is 10.3. The van der Waals surface area contributed by atoms with E-state index < -0.39 is 75.0 Å². The SMILES string of the molecule is C.COC(=O)/C=C(/Nc1c[nH]c(=O)[nH]c1=O)C(=O)OC.COC(=O)C#CC(=O)OC.COC(=O)c1cc(=O)c2[nH]c(=O)[nH]c(=O)c2[nH]1.COC(=O)c1cc(Cl)c2nc(Cl)nc(Cl)c2n1.Nc1c[nH]c(=O)[nH]c1=O.[B]. The van der Waals surface area contributed by atoms with E-state index in [0.29, 0.717) is 0 Å². The van der Waals surface area contributed by atoms with Gasteiger partial charge in [-0.05, 0) is 17.7 Å². The first-order valence-corrected chi connectivity index (χ1v) is 19.5. The van der Waals surface area contributed by atoms with Gasteiger partial charge in [-0.25, -0.2) is 58.1 Å². The van der Waals surface area contributed by atoms with Crippen molar-refractivity contribution in [3.63, 3.8) is 0 Å². The van der Waals surface area contributed by atoms with Crippen LogP contribution in [0.15, 0.2) is 69.9 Å². The number of pyridine rings is 2. The topological polar surface area (TPSA) is 465 Å². The van der Waals surface area contributed by atoms with Gasteiger partial charge in [-0.15, -0.1) is 0 Å². The van der Waals surface area contributed by atoms with Gasteiger partial charge in [0, 0.05) is 38.7 Å². The third-order valence-electron chi connectivity index (χ3n) is 7.50. The van der Waals surface area contributed by atoms with Crippen LogP contribution in [0, 0.1) is 11.8 Å². The van der Waals surface area contributed by atoms with Gasteiger partial charge in [0.25, 0.3) is 16.7 Å². The van der Waals surface area contributed by atoms with Crippen LogP contribution in [-0.2, 0) is 47.6 Å². The Balaban J connectivity index is 0.000000917. The van der Waals surface area contributed by atoms with E-state index in [1.165, 1.54) is 27.4 Å². The Kier molecular flexibility index (Phi) is 26.9. The summed E-state index contributed by atoms with van der Waals surface area (Å²) in [7, 11) is 6.96. The molecule has 0 saturated heterocycles. The maximum Gasteiger partial charge on any atom is 0.384 e. The summed E-state index contributed by atoms with van der Waals surface area (Å²) < 4.78 is 26.0. The Morgan fingerprint density at radius 2 is 1.18 bits per heavy atom. The van der Waals surface area contributed by atoms with Gasteiger partial charge in [-0.1, -0.05) is 30.6 Å². The molecule has 6 aromatic rings. The fraction of sp³-hybridized carbons (Fsp3) is 0.179. The zero-order valence-corrected chi connectivity index (χ0v) is 40.0. The van der Waals surface area contributed by atoms with E-state index in [0.717, 1.165) is 45.9 Å². The molecule has 0 aliphatic carbocycles. The number of halogens is 3. The van der Waals surface area contributed by atoms with Crippen molar-refractivity contribution in [1.29, 1.82) is 0 Å². The van der Waals surface area contributed by atoms with Gasteiger partial charge in [-0.2, -0.15) is 0 Å². The lowest BCUT2D eigenvalue weighted by molar-refractivity contribution is -0.138. The molecule has 0 aliphatic heterocycles. The minimum Gasteiger partial charge on any atom is -0.466 e. The van der Waals surface area contributed by atoms with E-state index >= 15 is 0 Å². The average molecular weight is 1090 g/mol. The smallest absolute Gasteiger partial charge is 0.384 e. The van der Waals surface area contributed by atoms with E-state index in [-0.39, 0.29) is 81.8 Å². The molecular formula is C39H37BCl3N12O19. The molecule has 0 aromatic carbocycles. The molecule has 0 spiro atoms. The summed E-state index contributed by atoms with van der Waals surface area (Å²) in [6, 6.07) is 2.28. The number of H-pyrrole nitrogens is 7. The monoisotopic (exact) mass is 1090 g/mol. The maximum atomic E-state index is 11.6. The summed E-state index contributed by atoms with van der Waals surface area (Å²) in [5.74, 6) is -0.821. The summed E-state index contributed by atoms with van der Waals surface area (Å²) in [6.07, 6.45) is 3.02. The number of nitrogens with zero attached hydrogens (tertiary/aromatic N) is 3. The number of nitrogens with one attached hydrogen (secondary N) is 8. The van der Waals surface area contributed by atoms with Gasteiger partial charge >= 0.3 is 52.9 Å². The summed E-state index contributed by atoms with van der Waals surface area (Å²) in [5.41, 5.74) is -0.193. The standard InChI is InChI=1S/C10H11N3O6.C9H4Cl3N3O2.C9H7N3O5.C6H6O4.C4H5N3O2.CH4.B/c1-18-7(14)3-5(9(16)19-2)12-6-4-11-10(17)13-8(6)15;1-17-8(16)4-2-3(10)5-6(13-4)7(11)15-9(12)14-5;1-17-8(15)3-2-4(13)5-6(10-3)7(14)12-9(16)11-5;1-9-5(7)3-4-6(8)10-2;5-2-1-6-4(9)7-3(2)8;;/h3-4,12H,1-2H3,(H2,11,13,15,17);2H,1H3;2H,1H3,(H,10,13)(H2,11,12,14,16);1-2H3;1H,5H2,(H2,6,7,8,9);1H4;/b5-3+;;;;;;. The van der Waals surface area contributed by atoms with Crippen LogP contribution in [0.3, 0.4) is 0 Å². The van der Waals surface area contributed by atoms with Crippen LogP contribution in [0.2, 0.25) is 15.5 Å². The second kappa shape index (κ2) is 30.9. The number of hydrogen-bond donors (Lipinski definition) is 9. The molecule has 391 valence electrons. The molecule has 0 aliphatic rings. The highest BCUT2D eigenvalue weighted by Crippen LogP contribution is 2.27. The number of nitrogens with two attached hydrogens (primary N) is 1. The zero-order chi connectivity index (χ0) is 54.4. The van der Waals surface area contributed by atoms with Crippen LogP contribution in [0.1, 0.15) is 28.4 Å². The highest BCUT2D eigenvalue weighted by molar-refractivity contribution is 6.39. The van der Waals surface area contributed by atoms with Gasteiger partial charge in [0.05, 0.1) is 53.8 Å². The van der Waals surface area contributed by atoms with Crippen LogP contribution in [0.4, 0.5) is 11.4 Å². The minimum atomic E-state index is -0.879. The Bertz CT molecular complexity index is 3550. The number of rotatable bonds is 6. The highest BCUT2D eigenvalue weighted by atomic mass is 35.5. The number of aromatic amines is 7. The Morgan fingerprint density at radius 1 is 0.622 bits per heavy atom. The number of aromatic nitrogens is 10. The number of hydrogen-bond acceptors (Lipinski definition) is 24. The van der Waals surface area contributed by atoms with Gasteiger partial charge in [-0.3, -0.25) is 34.1 Å². The lowest BCUT2D eigenvalue weighted by Crippen LogP contribution is -2.27. The summed E-state index contributed by atoms with van der Waals surface area (Å²) >= 11 is 17.4. The first kappa shape index (κ1) is 64.4. The van der Waals surface area contributed by atoms with E-state index in [1.54, 1.807) is 0 Å². The lowest BCUT2D eigenvalue weighted by Gasteiger charge is -2.07. The average Bonchev–Trinajstić information content (AvgIpc) is 3.35. The molecule has 10 N–H and O–H groups in total. The molecule has 74 heavy (non-hydrogen) atoms. The third-order valence-corrected chi connectivity index (χ3v) is 8.22. The van der Waals surface area contributed by atoms with Gasteiger partial charge < -0.3 is 59.4 Å². The Labute approximate surface area is 427 Å². The molecule has 0 saturated carbocycles. The minimum absolute atomic E-state index is 0. The first-order chi connectivity index (χ1) is 33.9. The van der Waals surface area contributed by atoms with Crippen LogP contribution >= 0.6 is 34.8 Å². The predicted octanol–water partition coefficient (Wildman–Crippen LogP) is -1.60. The maximum absolute atomic E-state index is 11.6. The molecule has 0 atom stereocenters. The second-order valence-electron chi connectivity index (χ2n) is 12.1. The van der Waals surface area contributed by atoms with Crippen molar-refractivity contribution in [3.05, 3.63) is 136 Å². The summed E-state index contributed by atoms with van der Waals surface area (Å²) in [4.78, 5) is 169. The van der Waals surface area contributed by atoms with E-state index in [2.05, 4.69) is 68.6 Å². The molecule has 6 rings (SSSR count). The number of carbonyl (C=O) groups is 6. The number of nitrogen functional groups attached to an aromatic ring is 1. The van der Waals surface area contributed by atoms with Gasteiger partial charge in [0.2, 0.25) is 10.7 Å². The fourth-order valence-corrected chi connectivity index (χ4v) is 4.97. The number of ether oxygens (including phenoxy) is 6. The number of methoxy groups -OCH3 is 6. The van der Waals surface area contributed by atoms with Crippen molar-refractivity contribution in [2.24, 2.45) is 0 Å². The molecule has 0 unspecified atom stereocenters. The highest BCUT2D eigenvalue weighted by Gasteiger charge is 2.17. The quantitative estimate of drug-likeness (QED) is 0.0133. The predicted molar refractivity (Wildman–Crippen MR) is 261 cm³/mol. The first-order valence-electron chi connectivity index (χ1n) is 18.4. The van der Waals surface area contributed by atoms with Gasteiger partial charge in [0.1, 0.15) is 44.8 Å². The Hall–Kier alpha value is -9.61. The largest absolute Gasteiger partial charge is 0.466 e. The van der Waals surface area contributed by atoms with E-state index in [4.69, 9.17) is 40.5 Å². The third kappa shape index (κ3) is 19.7. The molecule has 0 fully saturated rings. The summed E-state index contributed by atoms with van der Waals surface area (Å²) in [5, 5.41) is 2.53. The Morgan fingerprint density at radius 3 is 1.68 bits per heavy atom. The van der Waals surface area contributed by atoms with Crippen LogP contribution in [0.5, 0.6) is 0 Å². The molecular weight excluding hydrogens is 1060 g/mol. The zero-order valence-electron chi connectivity index (χ0n) is 37.8. The van der Waals surface area contributed by atoms with Crippen molar-refractivity contribution < 1.29 is 57.2 Å². The molecule has 6 aromatic heterocycles. The van der Waals surface area contributed by atoms with Crippen LogP contribution < -0.4 is 50.2 Å². The number of carbonyl (C=O) groups excluding carboxylic acids is 6. The fourth-order valence-electron chi connectivity index (χ4n) is 4.31. The van der Waals surface area contributed by atoms with Crippen molar-refractivity contribution in [3.8, 4) is 11.8 Å². The molecule has 6 heterocycles. The van der Waals surface area contributed by atoms with Crippen LogP contribution in [0.25, 0.3) is 22.1 Å². The number of esters is 6. The number of anilines is 2. The molecule has 3 radical (unpaired) electrons. The van der Waals surface area contributed by atoms with Crippen molar-refractivity contribution in [2.75, 3.05) is 53.7 Å². The van der Waals surface area contributed by atoms with Gasteiger partial charge in [0.15, 0.2) is 10.8 Å². The molecule has 0 bridgehead atoms. The van der Waals surface area contributed by atoms with E-state index in [9.17, 15) is 62.3 Å². The van der Waals surface area contributed by atoms with Crippen molar-refractivity contribution >= 4 is 112 Å².